The van der Waals surface area contributed by atoms with Crippen molar-refractivity contribution < 1.29 is 19.1 Å². The molecule has 0 unspecified atom stereocenters. The molecule has 0 bridgehead atoms. The Morgan fingerprint density at radius 3 is 2.81 bits per heavy atom. The van der Waals surface area contributed by atoms with Gasteiger partial charge in [0.1, 0.15) is 19.6 Å². The van der Waals surface area contributed by atoms with Gasteiger partial charge in [0.25, 0.3) is 5.91 Å². The zero-order valence-corrected chi connectivity index (χ0v) is 11.7. The maximum absolute atomic E-state index is 12.1. The number of carbonyl (C=O) groups excluding carboxylic acids is 2. The second kappa shape index (κ2) is 4.63. The predicted molar refractivity (Wildman–Crippen MR) is 76.9 cm³/mol. The lowest BCUT2D eigenvalue weighted by Gasteiger charge is -2.24. The second-order valence-electron chi connectivity index (χ2n) is 4.67. The largest absolute Gasteiger partial charge is 0.486 e. The molecule has 4 rings (SSSR count). The molecule has 0 aromatic heterocycles. The molecule has 3 heterocycles. The van der Waals surface area contributed by atoms with Crippen molar-refractivity contribution in [1.29, 1.82) is 0 Å². The van der Waals surface area contributed by atoms with Crippen molar-refractivity contribution in [3.8, 4) is 11.5 Å². The summed E-state index contributed by atoms with van der Waals surface area (Å²) < 4.78 is 11.0. The second-order valence-corrected chi connectivity index (χ2v) is 5.51. The summed E-state index contributed by atoms with van der Waals surface area (Å²) in [6.45, 7) is 1.04. The molecule has 21 heavy (non-hydrogen) atoms. The molecule has 0 atom stereocenters. The van der Waals surface area contributed by atoms with Gasteiger partial charge in [0.05, 0.1) is 5.70 Å². The average molecular weight is 302 g/mol. The SMILES string of the molecule is O=C1CC(=O)N2C(c3ccc4c(c3)OCCO4)=CSC2=N1. The van der Waals surface area contributed by atoms with Gasteiger partial charge in [-0.05, 0) is 18.2 Å². The number of rotatable bonds is 1. The molecule has 0 spiro atoms. The third-order valence-corrected chi connectivity index (χ3v) is 4.14. The first kappa shape index (κ1) is 12.5. The lowest BCUT2D eigenvalue weighted by Crippen LogP contribution is -2.36. The number of nitrogens with zero attached hydrogens (tertiary/aromatic N) is 2. The Hall–Kier alpha value is -2.28. The Morgan fingerprint density at radius 1 is 1.14 bits per heavy atom. The van der Waals surface area contributed by atoms with Crippen molar-refractivity contribution >= 4 is 34.4 Å². The highest BCUT2D eigenvalue weighted by Gasteiger charge is 2.35. The standard InChI is InChI=1S/C14H10N2O4S/c17-12-6-13(18)16-9(7-21-14(16)15-12)8-1-2-10-11(5-8)20-4-3-19-10/h1-2,5,7H,3-4,6H2. The molecular weight excluding hydrogens is 292 g/mol. The van der Waals surface area contributed by atoms with Crippen LogP contribution in [0.2, 0.25) is 0 Å². The molecule has 1 aromatic carbocycles. The van der Waals surface area contributed by atoms with E-state index in [0.717, 1.165) is 5.56 Å². The van der Waals surface area contributed by atoms with Gasteiger partial charge in [-0.2, -0.15) is 4.99 Å². The van der Waals surface area contributed by atoms with Crippen LogP contribution >= 0.6 is 11.8 Å². The fraction of sp³-hybridized carbons (Fsp3) is 0.214. The molecule has 0 N–H and O–H groups in total. The molecule has 106 valence electrons. The molecule has 0 fully saturated rings. The van der Waals surface area contributed by atoms with E-state index < -0.39 is 5.91 Å². The average Bonchev–Trinajstić information content (AvgIpc) is 2.90. The zero-order chi connectivity index (χ0) is 14.4. The number of thioether (sulfide) groups is 1. The summed E-state index contributed by atoms with van der Waals surface area (Å²) in [5.74, 6) is 0.715. The molecule has 1 aromatic rings. The van der Waals surface area contributed by atoms with E-state index in [0.29, 0.717) is 35.6 Å². The summed E-state index contributed by atoms with van der Waals surface area (Å²) in [6, 6.07) is 5.53. The fourth-order valence-electron chi connectivity index (χ4n) is 2.39. The van der Waals surface area contributed by atoms with E-state index in [9.17, 15) is 9.59 Å². The van der Waals surface area contributed by atoms with Crippen LogP contribution in [0.3, 0.4) is 0 Å². The van der Waals surface area contributed by atoms with Crippen molar-refractivity contribution in [1.82, 2.24) is 4.90 Å². The number of fused-ring (bicyclic) bond motifs is 2. The highest BCUT2D eigenvalue weighted by molar-refractivity contribution is 8.17. The molecule has 0 aliphatic carbocycles. The summed E-state index contributed by atoms with van der Waals surface area (Å²) in [5.41, 5.74) is 1.55. The lowest BCUT2D eigenvalue weighted by molar-refractivity contribution is -0.131. The van der Waals surface area contributed by atoms with Gasteiger partial charge in [0.15, 0.2) is 16.7 Å². The molecule has 2 amide bonds. The van der Waals surface area contributed by atoms with Gasteiger partial charge < -0.3 is 9.47 Å². The Labute approximate surface area is 124 Å². The lowest BCUT2D eigenvalue weighted by atomic mass is 10.1. The number of ether oxygens (including phenoxy) is 2. The minimum absolute atomic E-state index is 0.189. The quantitative estimate of drug-likeness (QED) is 0.737. The first-order valence-corrected chi connectivity index (χ1v) is 7.32. The number of benzene rings is 1. The molecule has 0 radical (unpaired) electrons. The van der Waals surface area contributed by atoms with Crippen molar-refractivity contribution in [3.63, 3.8) is 0 Å². The normalized spacial score (nSPS) is 20.1. The molecule has 6 nitrogen and oxygen atoms in total. The first-order valence-electron chi connectivity index (χ1n) is 6.44. The monoisotopic (exact) mass is 302 g/mol. The Balaban J connectivity index is 1.73. The number of hydrogen-bond acceptors (Lipinski definition) is 5. The first-order chi connectivity index (χ1) is 10.2. The summed E-state index contributed by atoms with van der Waals surface area (Å²) in [7, 11) is 0. The van der Waals surface area contributed by atoms with Gasteiger partial charge in [-0.1, -0.05) is 11.8 Å². The third-order valence-electron chi connectivity index (χ3n) is 3.32. The zero-order valence-electron chi connectivity index (χ0n) is 10.9. The van der Waals surface area contributed by atoms with E-state index in [1.165, 1.54) is 16.7 Å². The van der Waals surface area contributed by atoms with Crippen molar-refractivity contribution in [2.75, 3.05) is 13.2 Å². The number of hydrogen-bond donors (Lipinski definition) is 0. The number of carbonyl (C=O) groups is 2. The molecule has 3 aliphatic rings. The van der Waals surface area contributed by atoms with Gasteiger partial charge >= 0.3 is 0 Å². The van der Waals surface area contributed by atoms with E-state index in [4.69, 9.17) is 9.47 Å². The van der Waals surface area contributed by atoms with E-state index in [1.807, 2.05) is 23.6 Å². The Bertz CT molecular complexity index is 726. The van der Waals surface area contributed by atoms with Crippen LogP contribution in [0.5, 0.6) is 11.5 Å². The molecular formula is C14H10N2O4S. The minimum Gasteiger partial charge on any atom is -0.486 e. The van der Waals surface area contributed by atoms with Gasteiger partial charge in [-0.3, -0.25) is 14.5 Å². The summed E-state index contributed by atoms with van der Waals surface area (Å²) in [6.07, 6.45) is -0.189. The third kappa shape index (κ3) is 2.01. The highest BCUT2D eigenvalue weighted by atomic mass is 32.2. The Kier molecular flexibility index (Phi) is 2.75. The maximum Gasteiger partial charge on any atom is 0.257 e. The van der Waals surface area contributed by atoms with Crippen LogP contribution < -0.4 is 9.47 Å². The molecule has 0 saturated carbocycles. The highest BCUT2D eigenvalue weighted by Crippen LogP contribution is 2.39. The number of amides is 2. The van der Waals surface area contributed by atoms with E-state index >= 15 is 0 Å². The van der Waals surface area contributed by atoms with Crippen LogP contribution in [-0.4, -0.2) is 35.1 Å². The van der Waals surface area contributed by atoms with Crippen molar-refractivity contribution in [2.24, 2.45) is 4.99 Å². The van der Waals surface area contributed by atoms with Gasteiger partial charge in [0, 0.05) is 11.0 Å². The van der Waals surface area contributed by atoms with Crippen LogP contribution in [0.15, 0.2) is 28.6 Å². The summed E-state index contributed by atoms with van der Waals surface area (Å²) in [4.78, 5) is 28.8. The maximum atomic E-state index is 12.1. The predicted octanol–water partition coefficient (Wildman–Crippen LogP) is 1.62. The van der Waals surface area contributed by atoms with Crippen molar-refractivity contribution in [2.45, 2.75) is 6.42 Å². The van der Waals surface area contributed by atoms with Gasteiger partial charge in [0.2, 0.25) is 5.91 Å². The van der Waals surface area contributed by atoms with E-state index in [-0.39, 0.29) is 12.3 Å². The van der Waals surface area contributed by atoms with E-state index in [1.54, 1.807) is 0 Å². The number of amidine groups is 1. The smallest absolute Gasteiger partial charge is 0.257 e. The van der Waals surface area contributed by atoms with Crippen LogP contribution in [0, 0.1) is 0 Å². The van der Waals surface area contributed by atoms with Crippen LogP contribution in [0.4, 0.5) is 0 Å². The van der Waals surface area contributed by atoms with Gasteiger partial charge in [-0.15, -0.1) is 0 Å². The number of aliphatic imine (C=N–C) groups is 1. The Morgan fingerprint density at radius 2 is 1.95 bits per heavy atom. The topological polar surface area (TPSA) is 68.2 Å². The molecule has 7 heteroatoms. The van der Waals surface area contributed by atoms with E-state index in [2.05, 4.69) is 4.99 Å². The fourth-order valence-corrected chi connectivity index (χ4v) is 3.31. The molecule has 0 saturated heterocycles. The summed E-state index contributed by atoms with van der Waals surface area (Å²) >= 11 is 1.27. The van der Waals surface area contributed by atoms with Crippen LogP contribution in [-0.2, 0) is 9.59 Å². The van der Waals surface area contributed by atoms with Crippen molar-refractivity contribution in [3.05, 3.63) is 29.2 Å². The van der Waals surface area contributed by atoms with Crippen LogP contribution in [0.1, 0.15) is 12.0 Å². The van der Waals surface area contributed by atoms with Crippen LogP contribution in [0.25, 0.3) is 5.70 Å². The van der Waals surface area contributed by atoms with Gasteiger partial charge in [-0.25, -0.2) is 0 Å². The molecule has 3 aliphatic heterocycles. The minimum atomic E-state index is -0.393. The summed E-state index contributed by atoms with van der Waals surface area (Å²) in [5, 5.41) is 2.24.